The molecule has 0 aliphatic carbocycles. The highest BCUT2D eigenvalue weighted by molar-refractivity contribution is 7.89. The van der Waals surface area contributed by atoms with Crippen molar-refractivity contribution in [2.45, 2.75) is 49.6 Å². The van der Waals surface area contributed by atoms with Gasteiger partial charge in [-0.3, -0.25) is 9.59 Å². The first kappa shape index (κ1) is 25.9. The summed E-state index contributed by atoms with van der Waals surface area (Å²) >= 11 is 0. The van der Waals surface area contributed by atoms with Crippen LogP contribution in [-0.4, -0.2) is 63.5 Å². The van der Waals surface area contributed by atoms with E-state index in [0.717, 1.165) is 18.4 Å². The monoisotopic (exact) mass is 487 g/mol. The van der Waals surface area contributed by atoms with Gasteiger partial charge in [-0.25, -0.2) is 13.1 Å². The van der Waals surface area contributed by atoms with Gasteiger partial charge in [0.1, 0.15) is 6.04 Å². The molecule has 2 N–H and O–H groups in total. The van der Waals surface area contributed by atoms with Crippen molar-refractivity contribution >= 4 is 21.8 Å². The lowest BCUT2D eigenvalue weighted by molar-refractivity contribution is -0.141. The maximum absolute atomic E-state index is 13.2. The summed E-state index contributed by atoms with van der Waals surface area (Å²) in [7, 11) is -3.84. The molecule has 1 saturated heterocycles. The molecule has 1 heterocycles. The fraction of sp³-hybridized carbons (Fsp3) is 0.440. The Morgan fingerprint density at radius 2 is 1.76 bits per heavy atom. The van der Waals surface area contributed by atoms with Crippen LogP contribution in [0.5, 0.6) is 0 Å². The second-order valence-corrected chi connectivity index (χ2v) is 10.0. The third-order valence-electron chi connectivity index (χ3n) is 5.83. The number of nitrogens with zero attached hydrogens (tertiary/aromatic N) is 1. The maximum atomic E-state index is 13.2. The van der Waals surface area contributed by atoms with Crippen LogP contribution >= 0.6 is 0 Å². The molecule has 2 amide bonds. The lowest BCUT2D eigenvalue weighted by atomic mass is 10.1. The van der Waals surface area contributed by atoms with E-state index in [4.69, 9.17) is 4.74 Å². The van der Waals surface area contributed by atoms with Gasteiger partial charge in [-0.15, -0.1) is 0 Å². The molecule has 1 aliphatic rings. The molecular formula is C25H33N3O5S. The minimum atomic E-state index is -3.84. The predicted octanol–water partition coefficient (Wildman–Crippen LogP) is 2.11. The Balaban J connectivity index is 1.65. The van der Waals surface area contributed by atoms with Crippen molar-refractivity contribution in [3.05, 3.63) is 66.2 Å². The summed E-state index contributed by atoms with van der Waals surface area (Å²) in [4.78, 5) is 27.7. The summed E-state index contributed by atoms with van der Waals surface area (Å²) in [5, 5.41) is 2.93. The van der Waals surface area contributed by atoms with Crippen molar-refractivity contribution in [3.63, 3.8) is 0 Å². The molecule has 2 unspecified atom stereocenters. The van der Waals surface area contributed by atoms with Crippen molar-refractivity contribution < 1.29 is 22.7 Å². The summed E-state index contributed by atoms with van der Waals surface area (Å²) in [6.45, 7) is 2.72. The number of benzene rings is 2. The lowest BCUT2D eigenvalue weighted by Crippen LogP contribution is -2.54. The van der Waals surface area contributed by atoms with Gasteiger partial charge in [0, 0.05) is 19.7 Å². The number of amides is 2. The van der Waals surface area contributed by atoms with Gasteiger partial charge in [-0.1, -0.05) is 55.5 Å². The normalized spacial score (nSPS) is 16.7. The molecule has 9 heteroatoms. The molecule has 0 spiro atoms. The predicted molar refractivity (Wildman–Crippen MR) is 130 cm³/mol. The second-order valence-electron chi connectivity index (χ2n) is 8.27. The van der Waals surface area contributed by atoms with Crippen LogP contribution < -0.4 is 10.0 Å². The van der Waals surface area contributed by atoms with E-state index in [1.165, 1.54) is 17.0 Å². The zero-order valence-electron chi connectivity index (χ0n) is 19.5. The second kappa shape index (κ2) is 12.6. The number of hydrogen-bond acceptors (Lipinski definition) is 5. The highest BCUT2D eigenvalue weighted by Crippen LogP contribution is 2.17. The first-order valence-electron chi connectivity index (χ1n) is 11.7. The topological polar surface area (TPSA) is 105 Å². The third kappa shape index (κ3) is 7.38. The number of carbonyl (C=O) groups excluding carboxylic acids is 2. The number of nitrogens with one attached hydrogen (secondary N) is 2. The summed E-state index contributed by atoms with van der Waals surface area (Å²) in [6, 6.07) is 17.0. The van der Waals surface area contributed by atoms with Crippen molar-refractivity contribution in [2.75, 3.05) is 26.2 Å². The van der Waals surface area contributed by atoms with Crippen LogP contribution in [0.4, 0.5) is 0 Å². The van der Waals surface area contributed by atoms with Gasteiger partial charge in [0.05, 0.1) is 17.5 Å². The molecule has 3 rings (SSSR count). The van der Waals surface area contributed by atoms with Crippen molar-refractivity contribution in [1.82, 2.24) is 14.9 Å². The Hall–Kier alpha value is -2.75. The molecule has 0 saturated carbocycles. The van der Waals surface area contributed by atoms with E-state index in [-0.39, 0.29) is 23.5 Å². The molecule has 0 aromatic heterocycles. The Morgan fingerprint density at radius 1 is 1.09 bits per heavy atom. The third-order valence-corrected chi connectivity index (χ3v) is 7.25. The molecule has 2 aromatic carbocycles. The largest absolute Gasteiger partial charge is 0.376 e. The lowest BCUT2D eigenvalue weighted by Gasteiger charge is -2.32. The standard InChI is InChI=1S/C25H33N3O5S/c1-2-23(25(30)26-16-15-20-10-5-3-6-11-20)28(19-21-12-9-17-33-21)24(29)18-27-34(31,32)22-13-7-4-8-14-22/h3-8,10-11,13-14,21,23,27H,2,9,12,15-19H2,1H3,(H,26,30). The van der Waals surface area contributed by atoms with E-state index in [1.807, 2.05) is 37.3 Å². The Labute approximate surface area is 201 Å². The van der Waals surface area contributed by atoms with Crippen molar-refractivity contribution in [3.8, 4) is 0 Å². The number of hydrogen-bond donors (Lipinski definition) is 2. The van der Waals surface area contributed by atoms with Crippen LogP contribution in [0, 0.1) is 0 Å². The first-order chi connectivity index (χ1) is 16.4. The highest BCUT2D eigenvalue weighted by Gasteiger charge is 2.32. The van der Waals surface area contributed by atoms with E-state index in [2.05, 4.69) is 10.0 Å². The molecular weight excluding hydrogens is 454 g/mol. The minimum absolute atomic E-state index is 0.0826. The van der Waals surface area contributed by atoms with Gasteiger partial charge in [-0.2, -0.15) is 0 Å². The maximum Gasteiger partial charge on any atom is 0.242 e. The number of sulfonamides is 1. The molecule has 0 radical (unpaired) electrons. The molecule has 1 aliphatic heterocycles. The SMILES string of the molecule is CCC(C(=O)NCCc1ccccc1)N(CC1CCCO1)C(=O)CNS(=O)(=O)c1ccccc1. The van der Waals surface area contributed by atoms with Crippen LogP contribution in [0.1, 0.15) is 31.7 Å². The number of ether oxygens (including phenoxy) is 1. The molecule has 8 nitrogen and oxygen atoms in total. The quantitative estimate of drug-likeness (QED) is 0.477. The summed E-state index contributed by atoms with van der Waals surface area (Å²) in [5.41, 5.74) is 1.11. The fourth-order valence-corrected chi connectivity index (χ4v) is 4.99. The van der Waals surface area contributed by atoms with Gasteiger partial charge in [0.25, 0.3) is 0 Å². The van der Waals surface area contributed by atoms with E-state index >= 15 is 0 Å². The van der Waals surface area contributed by atoms with Gasteiger partial charge >= 0.3 is 0 Å². The summed E-state index contributed by atoms with van der Waals surface area (Å²) < 4.78 is 33.2. The molecule has 34 heavy (non-hydrogen) atoms. The number of rotatable bonds is 12. The molecule has 2 atom stereocenters. The van der Waals surface area contributed by atoms with E-state index in [0.29, 0.717) is 26.0 Å². The van der Waals surface area contributed by atoms with Crippen molar-refractivity contribution in [2.24, 2.45) is 0 Å². The fourth-order valence-electron chi connectivity index (χ4n) is 3.99. The van der Waals surface area contributed by atoms with Crippen LogP contribution in [0.3, 0.4) is 0 Å². The zero-order chi connectivity index (χ0) is 24.4. The summed E-state index contributed by atoms with van der Waals surface area (Å²) in [5.74, 6) is -0.712. The van der Waals surface area contributed by atoms with Crippen LogP contribution in [0.25, 0.3) is 0 Å². The molecule has 2 aromatic rings. The van der Waals surface area contributed by atoms with E-state index in [1.54, 1.807) is 18.2 Å². The average Bonchev–Trinajstić information content (AvgIpc) is 3.37. The van der Waals surface area contributed by atoms with E-state index in [9.17, 15) is 18.0 Å². The Bertz CT molecular complexity index is 1030. The Morgan fingerprint density at radius 3 is 2.38 bits per heavy atom. The van der Waals surface area contributed by atoms with Crippen LogP contribution in [-0.2, 0) is 30.8 Å². The van der Waals surface area contributed by atoms with Gasteiger partial charge in [-0.05, 0) is 43.4 Å². The molecule has 0 bridgehead atoms. The number of carbonyl (C=O) groups is 2. The minimum Gasteiger partial charge on any atom is -0.376 e. The van der Waals surface area contributed by atoms with Crippen molar-refractivity contribution in [1.29, 1.82) is 0 Å². The molecule has 184 valence electrons. The van der Waals surface area contributed by atoms with Gasteiger partial charge in [0.15, 0.2) is 0 Å². The zero-order valence-corrected chi connectivity index (χ0v) is 20.3. The van der Waals surface area contributed by atoms with Gasteiger partial charge in [0.2, 0.25) is 21.8 Å². The summed E-state index contributed by atoms with van der Waals surface area (Å²) in [6.07, 6.45) is 2.61. The van der Waals surface area contributed by atoms with Crippen LogP contribution in [0.15, 0.2) is 65.6 Å². The first-order valence-corrected chi connectivity index (χ1v) is 13.2. The van der Waals surface area contributed by atoms with Gasteiger partial charge < -0.3 is 15.0 Å². The average molecular weight is 488 g/mol. The Kier molecular flexibility index (Phi) is 9.62. The highest BCUT2D eigenvalue weighted by atomic mass is 32.2. The molecule has 1 fully saturated rings. The van der Waals surface area contributed by atoms with Crippen LogP contribution in [0.2, 0.25) is 0 Å². The smallest absolute Gasteiger partial charge is 0.242 e. The van der Waals surface area contributed by atoms with E-state index < -0.39 is 28.5 Å².